The van der Waals surface area contributed by atoms with Gasteiger partial charge in [0.1, 0.15) is 0 Å². The van der Waals surface area contributed by atoms with Crippen LogP contribution in [0.4, 0.5) is 70.2 Å². The molecule has 2 N–H and O–H groups in total. The van der Waals surface area contributed by atoms with Crippen molar-refractivity contribution < 1.29 is 98.5 Å². The van der Waals surface area contributed by atoms with Crippen LogP contribution in [-0.4, -0.2) is 87.4 Å². The average Bonchev–Trinajstić information content (AvgIpc) is 2.68. The van der Waals surface area contributed by atoms with Crippen LogP contribution in [0.2, 0.25) is 0 Å². The van der Waals surface area contributed by atoms with Gasteiger partial charge in [0.2, 0.25) is 9.84 Å². The molecule has 0 aromatic heterocycles. The molecule has 0 radical (unpaired) electrons. The van der Waals surface area contributed by atoms with Crippen LogP contribution in [0, 0.1) is 0 Å². The second kappa shape index (κ2) is 7.04. The molecule has 0 aromatic carbocycles. The molecule has 2 aliphatic rings. The molecular weight excluding hydrogens is 600 g/mol. The molecule has 0 spiro atoms. The maximum Gasteiger partial charge on any atom is 0.364 e. The van der Waals surface area contributed by atoms with E-state index < -0.39 is 91.5 Å². The van der Waals surface area contributed by atoms with Crippen LogP contribution in [0.3, 0.4) is 0 Å². The summed E-state index contributed by atoms with van der Waals surface area (Å²) in [6, 6.07) is 0. The predicted molar refractivity (Wildman–Crippen MR) is 78.5 cm³/mol. The summed E-state index contributed by atoms with van der Waals surface area (Å²) in [6.45, 7) is 0. The van der Waals surface area contributed by atoms with Gasteiger partial charge in [0.15, 0.2) is 0 Å². The van der Waals surface area contributed by atoms with E-state index in [1.165, 1.54) is 0 Å². The Morgan fingerprint density at radius 3 is 0.892 bits per heavy atom. The molecule has 23 heteroatoms. The van der Waals surface area contributed by atoms with E-state index in [1.807, 2.05) is 0 Å². The van der Waals surface area contributed by atoms with Gasteiger partial charge in [-0.25, -0.2) is 53.1 Å². The summed E-state index contributed by atoms with van der Waals surface area (Å²) < 4.78 is 251. The van der Waals surface area contributed by atoms with E-state index in [2.05, 4.69) is 0 Å². The number of alkyl halides is 16. The second-order valence-electron chi connectivity index (χ2n) is 7.95. The zero-order valence-electron chi connectivity index (χ0n) is 16.4. The predicted octanol–water partition coefficient (Wildman–Crippen LogP) is 3.94. The quantitative estimate of drug-likeness (QED) is 0.470. The van der Waals surface area contributed by atoms with Crippen molar-refractivity contribution in [1.82, 2.24) is 0 Å². The minimum atomic E-state index is -9.11. The SMILES string of the molecule is O=C(O)C1(F)C(F)(F)CC(F)(S(=O)(=O)C2(F)CC(F)(F)C(F)(C(=O)O)C(F)(F)C2(F)F)C(F)(F)C1(F)F. The van der Waals surface area contributed by atoms with Gasteiger partial charge in [-0.1, -0.05) is 0 Å². The Balaban J connectivity index is 3.01. The summed E-state index contributed by atoms with van der Waals surface area (Å²) in [5.74, 6) is -54.1. The molecule has 2 fully saturated rings. The van der Waals surface area contributed by atoms with Crippen molar-refractivity contribution in [3.63, 3.8) is 0 Å². The van der Waals surface area contributed by atoms with Crippen LogP contribution >= 0.6 is 0 Å². The molecule has 216 valence electrons. The molecular formula is C14H6F16O6S. The number of carboxylic acids is 2. The summed E-state index contributed by atoms with van der Waals surface area (Å²) in [5.41, 5.74) is -14.0. The first-order valence-corrected chi connectivity index (χ1v) is 10.0. The zero-order chi connectivity index (χ0) is 30.1. The average molecular weight is 606 g/mol. The lowest BCUT2D eigenvalue weighted by atomic mass is 9.75. The number of sulfone groups is 1. The molecule has 0 aromatic rings. The van der Waals surface area contributed by atoms with Gasteiger partial charge in [0, 0.05) is 0 Å². The molecule has 0 saturated heterocycles. The largest absolute Gasteiger partial charge is 0.479 e. The molecule has 2 aliphatic carbocycles. The fourth-order valence-corrected chi connectivity index (χ4v) is 5.95. The monoisotopic (exact) mass is 606 g/mol. The van der Waals surface area contributed by atoms with Crippen molar-refractivity contribution >= 4 is 21.8 Å². The van der Waals surface area contributed by atoms with Crippen LogP contribution in [0.15, 0.2) is 0 Å². The highest BCUT2D eigenvalue weighted by Crippen LogP contribution is 2.71. The van der Waals surface area contributed by atoms with E-state index in [0.717, 1.165) is 0 Å². The Kier molecular flexibility index (Phi) is 5.90. The molecule has 0 amide bonds. The molecule has 2 rings (SSSR count). The van der Waals surface area contributed by atoms with E-state index in [4.69, 9.17) is 10.2 Å². The first-order chi connectivity index (χ1) is 15.8. The second-order valence-corrected chi connectivity index (χ2v) is 10.2. The minimum absolute atomic E-state index is 4.26. The summed E-state index contributed by atoms with van der Waals surface area (Å²) >= 11 is 0. The van der Waals surface area contributed by atoms with E-state index in [9.17, 15) is 79.5 Å². The maximum atomic E-state index is 15.0. The molecule has 4 unspecified atom stereocenters. The Morgan fingerprint density at radius 2 is 0.703 bits per heavy atom. The Labute approximate surface area is 191 Å². The van der Waals surface area contributed by atoms with Gasteiger partial charge in [0.25, 0.3) is 10.0 Å². The fourth-order valence-electron chi connectivity index (χ4n) is 3.76. The van der Waals surface area contributed by atoms with Gasteiger partial charge in [-0.2, -0.15) is 35.1 Å². The number of hydrogen-bond acceptors (Lipinski definition) is 4. The lowest BCUT2D eigenvalue weighted by Gasteiger charge is -2.54. The normalized spacial score (nSPS) is 41.5. The Morgan fingerprint density at radius 1 is 0.486 bits per heavy atom. The van der Waals surface area contributed by atoms with Crippen molar-refractivity contribution in [3.8, 4) is 0 Å². The Bertz CT molecular complexity index is 1070. The van der Waals surface area contributed by atoms with Gasteiger partial charge in [-0.05, 0) is 0 Å². The van der Waals surface area contributed by atoms with Crippen LogP contribution < -0.4 is 0 Å². The van der Waals surface area contributed by atoms with Crippen LogP contribution in [0.25, 0.3) is 0 Å². The number of aliphatic carboxylic acids is 2. The molecule has 2 saturated carbocycles. The third-order valence-corrected chi connectivity index (χ3v) is 8.45. The van der Waals surface area contributed by atoms with E-state index in [1.54, 1.807) is 0 Å². The third-order valence-electron chi connectivity index (χ3n) is 5.94. The van der Waals surface area contributed by atoms with Crippen LogP contribution in [0.5, 0.6) is 0 Å². The first kappa shape index (κ1) is 31.0. The van der Waals surface area contributed by atoms with Crippen molar-refractivity contribution in [2.45, 2.75) is 69.7 Å². The summed E-state index contributed by atoms with van der Waals surface area (Å²) in [4.78, 5) is 21.2. The van der Waals surface area contributed by atoms with Crippen LogP contribution in [-0.2, 0) is 19.4 Å². The molecule has 0 bridgehead atoms. The molecule has 0 heterocycles. The third kappa shape index (κ3) is 2.73. The van der Waals surface area contributed by atoms with Crippen molar-refractivity contribution in [2.75, 3.05) is 0 Å². The van der Waals surface area contributed by atoms with Gasteiger partial charge in [-0.15, -0.1) is 0 Å². The maximum absolute atomic E-state index is 15.0. The number of hydrogen-bond donors (Lipinski definition) is 2. The first-order valence-electron chi connectivity index (χ1n) is 8.53. The van der Waals surface area contributed by atoms with Gasteiger partial charge >= 0.3 is 58.8 Å². The Hall–Kier alpha value is -2.23. The standard InChI is InChI=1S/C14H6F16O6S/c15-5(16)1-7(19,11(23,24)13(27,28)9(5,21)3(31)32)37(35,36)8(20)2-6(17,18)10(22,4(33)34)14(29,30)12(8,25)26/h1-2H2,(H,31,32)(H,33,34). The molecule has 37 heavy (non-hydrogen) atoms. The lowest BCUT2D eigenvalue weighted by Crippen LogP contribution is -2.84. The highest BCUT2D eigenvalue weighted by molar-refractivity contribution is 7.94. The van der Waals surface area contributed by atoms with Crippen LogP contribution in [0.1, 0.15) is 12.8 Å². The zero-order valence-corrected chi connectivity index (χ0v) is 17.2. The van der Waals surface area contributed by atoms with Crippen molar-refractivity contribution in [2.24, 2.45) is 0 Å². The highest BCUT2D eigenvalue weighted by atomic mass is 32.2. The van der Waals surface area contributed by atoms with Crippen molar-refractivity contribution in [3.05, 3.63) is 0 Å². The lowest BCUT2D eigenvalue weighted by molar-refractivity contribution is -0.377. The summed E-state index contributed by atoms with van der Waals surface area (Å²) in [6.07, 6.45) is -9.15. The number of rotatable bonds is 4. The summed E-state index contributed by atoms with van der Waals surface area (Å²) in [7, 11) is -9.11. The molecule has 6 nitrogen and oxygen atoms in total. The van der Waals surface area contributed by atoms with Gasteiger partial charge in [0.05, 0.1) is 12.8 Å². The topological polar surface area (TPSA) is 109 Å². The summed E-state index contributed by atoms with van der Waals surface area (Å²) in [5, 5.41) is 1.55. The number of carboxylic acid groups (broad SMARTS) is 2. The van der Waals surface area contributed by atoms with E-state index >= 15 is 8.78 Å². The minimum Gasteiger partial charge on any atom is -0.479 e. The smallest absolute Gasteiger partial charge is 0.364 e. The molecule has 0 aliphatic heterocycles. The highest BCUT2D eigenvalue weighted by Gasteiger charge is 3.00. The van der Waals surface area contributed by atoms with Crippen molar-refractivity contribution in [1.29, 1.82) is 0 Å². The number of halogens is 16. The van der Waals surface area contributed by atoms with E-state index in [0.29, 0.717) is 0 Å². The molecule has 4 atom stereocenters. The number of carbonyl (C=O) groups is 2. The fraction of sp³-hybridized carbons (Fsp3) is 0.857. The van der Waals surface area contributed by atoms with Gasteiger partial charge < -0.3 is 10.2 Å². The van der Waals surface area contributed by atoms with E-state index in [-0.39, 0.29) is 0 Å². The van der Waals surface area contributed by atoms with Gasteiger partial charge in [-0.3, -0.25) is 0 Å².